The summed E-state index contributed by atoms with van der Waals surface area (Å²) in [6, 6.07) is 13.2. The van der Waals surface area contributed by atoms with Crippen molar-refractivity contribution in [3.05, 3.63) is 60.4 Å². The number of nitrogens with zero attached hydrogens (tertiary/aromatic N) is 2. The molecule has 0 amide bonds. The molecule has 0 fully saturated rings. The number of fused-ring (bicyclic) bond motifs is 1. The van der Waals surface area contributed by atoms with Crippen molar-refractivity contribution in [1.82, 2.24) is 9.97 Å². The van der Waals surface area contributed by atoms with Crippen molar-refractivity contribution in [1.29, 1.82) is 0 Å². The molecule has 0 atom stereocenters. The lowest BCUT2D eigenvalue weighted by molar-refractivity contribution is 0.275. The number of benzene rings is 1. The molecule has 4 heteroatoms. The van der Waals surface area contributed by atoms with E-state index in [-0.39, 0.29) is 6.61 Å². The molecule has 0 spiro atoms. The van der Waals surface area contributed by atoms with Gasteiger partial charge in [-0.05, 0) is 24.3 Å². The van der Waals surface area contributed by atoms with E-state index in [0.717, 1.165) is 10.9 Å². The number of pyridine rings is 2. The third-order valence-corrected chi connectivity index (χ3v) is 2.80. The number of aliphatic hydroxyl groups excluding tert-OH is 1. The molecule has 19 heavy (non-hydrogen) atoms. The summed E-state index contributed by atoms with van der Waals surface area (Å²) in [6.45, 7) is -0.107. The van der Waals surface area contributed by atoms with E-state index in [4.69, 9.17) is 4.74 Å². The first-order valence-corrected chi connectivity index (χ1v) is 5.94. The number of hydrogen-bond acceptors (Lipinski definition) is 4. The van der Waals surface area contributed by atoms with Crippen LogP contribution in [0.2, 0.25) is 0 Å². The summed E-state index contributed by atoms with van der Waals surface area (Å²) in [5, 5.41) is 10.2. The van der Waals surface area contributed by atoms with Gasteiger partial charge in [0.15, 0.2) is 0 Å². The zero-order valence-electron chi connectivity index (χ0n) is 10.2. The molecule has 0 aliphatic rings. The third-order valence-electron chi connectivity index (χ3n) is 2.80. The summed E-state index contributed by atoms with van der Waals surface area (Å²) in [5.41, 5.74) is 1.56. The van der Waals surface area contributed by atoms with Gasteiger partial charge >= 0.3 is 0 Å². The minimum Gasteiger partial charge on any atom is -0.437 e. The third kappa shape index (κ3) is 2.39. The fourth-order valence-electron chi connectivity index (χ4n) is 1.85. The highest BCUT2D eigenvalue weighted by Gasteiger charge is 2.06. The molecule has 2 heterocycles. The largest absolute Gasteiger partial charge is 0.437 e. The fourth-order valence-corrected chi connectivity index (χ4v) is 1.85. The molecule has 94 valence electrons. The molecule has 3 aromatic rings. The number of para-hydroxylation sites is 1. The molecule has 0 unspecified atom stereocenters. The number of hydrogen-bond donors (Lipinski definition) is 1. The lowest BCUT2D eigenvalue weighted by Crippen LogP contribution is -1.94. The van der Waals surface area contributed by atoms with Crippen molar-refractivity contribution < 1.29 is 9.84 Å². The minimum absolute atomic E-state index is 0.107. The molecule has 0 saturated carbocycles. The maximum atomic E-state index is 9.23. The summed E-state index contributed by atoms with van der Waals surface area (Å²) < 4.78 is 5.67. The molecule has 0 aliphatic heterocycles. The molecular formula is C15H12N2O2. The highest BCUT2D eigenvalue weighted by Crippen LogP contribution is 2.24. The monoisotopic (exact) mass is 252 g/mol. The standard InChI is InChI=1S/C15H12N2O2/c18-10-12-5-3-7-16-15(12)19-13-8-11-4-1-2-6-14(11)17-9-13/h1-9,18H,10H2. The number of aromatic nitrogens is 2. The van der Waals surface area contributed by atoms with Crippen molar-refractivity contribution in [3.8, 4) is 11.6 Å². The molecule has 1 aromatic carbocycles. The van der Waals surface area contributed by atoms with E-state index >= 15 is 0 Å². The maximum absolute atomic E-state index is 9.23. The molecule has 0 saturated heterocycles. The zero-order chi connectivity index (χ0) is 13.1. The molecule has 2 aromatic heterocycles. The van der Waals surface area contributed by atoms with Gasteiger partial charge in [-0.3, -0.25) is 4.98 Å². The Bertz CT molecular complexity index is 713. The van der Waals surface area contributed by atoms with E-state index in [1.165, 1.54) is 0 Å². The Morgan fingerprint density at radius 1 is 1.05 bits per heavy atom. The highest BCUT2D eigenvalue weighted by atomic mass is 16.5. The van der Waals surface area contributed by atoms with Gasteiger partial charge in [0.25, 0.3) is 0 Å². The summed E-state index contributed by atoms with van der Waals surface area (Å²) >= 11 is 0. The molecule has 0 bridgehead atoms. The topological polar surface area (TPSA) is 55.2 Å². The van der Waals surface area contributed by atoms with Crippen LogP contribution in [-0.2, 0) is 6.61 Å². The molecule has 3 rings (SSSR count). The van der Waals surface area contributed by atoms with E-state index < -0.39 is 0 Å². The van der Waals surface area contributed by atoms with Crippen LogP contribution in [0.25, 0.3) is 10.9 Å². The molecule has 1 N–H and O–H groups in total. The molecule has 4 nitrogen and oxygen atoms in total. The van der Waals surface area contributed by atoms with Crippen LogP contribution < -0.4 is 4.74 Å². The first-order chi connectivity index (χ1) is 9.36. The average Bonchev–Trinajstić information content (AvgIpc) is 2.48. The van der Waals surface area contributed by atoms with Gasteiger partial charge in [-0.1, -0.05) is 18.2 Å². The van der Waals surface area contributed by atoms with E-state index in [0.29, 0.717) is 17.2 Å². The highest BCUT2D eigenvalue weighted by molar-refractivity contribution is 5.79. The second-order valence-corrected chi connectivity index (χ2v) is 4.09. The first-order valence-electron chi connectivity index (χ1n) is 5.94. The van der Waals surface area contributed by atoms with E-state index in [9.17, 15) is 5.11 Å². The minimum atomic E-state index is -0.107. The normalized spacial score (nSPS) is 10.6. The van der Waals surface area contributed by atoms with E-state index in [1.807, 2.05) is 30.3 Å². The quantitative estimate of drug-likeness (QED) is 0.778. The Kier molecular flexibility index (Phi) is 3.08. The number of ether oxygens (including phenoxy) is 1. The van der Waals surface area contributed by atoms with Crippen LogP contribution in [0.4, 0.5) is 0 Å². The van der Waals surface area contributed by atoms with Gasteiger partial charge in [-0.2, -0.15) is 0 Å². The van der Waals surface area contributed by atoms with Gasteiger partial charge in [0.2, 0.25) is 5.88 Å². The van der Waals surface area contributed by atoms with Crippen molar-refractivity contribution in [2.45, 2.75) is 6.61 Å². The smallest absolute Gasteiger partial charge is 0.224 e. The summed E-state index contributed by atoms with van der Waals surface area (Å²) in [5.74, 6) is 1.01. The summed E-state index contributed by atoms with van der Waals surface area (Å²) in [7, 11) is 0. The van der Waals surface area contributed by atoms with Crippen LogP contribution in [-0.4, -0.2) is 15.1 Å². The summed E-state index contributed by atoms with van der Waals surface area (Å²) in [6.07, 6.45) is 3.28. The van der Waals surface area contributed by atoms with Crippen molar-refractivity contribution in [2.24, 2.45) is 0 Å². The molecular weight excluding hydrogens is 240 g/mol. The van der Waals surface area contributed by atoms with Gasteiger partial charge in [0.05, 0.1) is 18.3 Å². The van der Waals surface area contributed by atoms with Crippen LogP contribution in [0.3, 0.4) is 0 Å². The predicted octanol–water partition coefficient (Wildman–Crippen LogP) is 2.91. The van der Waals surface area contributed by atoms with Crippen LogP contribution in [0, 0.1) is 0 Å². The second kappa shape index (κ2) is 5.04. The van der Waals surface area contributed by atoms with Crippen LogP contribution in [0.15, 0.2) is 54.9 Å². The Morgan fingerprint density at radius 3 is 2.84 bits per heavy atom. The Morgan fingerprint density at radius 2 is 1.95 bits per heavy atom. The van der Waals surface area contributed by atoms with E-state index in [2.05, 4.69) is 9.97 Å². The Balaban J connectivity index is 1.96. The summed E-state index contributed by atoms with van der Waals surface area (Å²) in [4.78, 5) is 8.43. The maximum Gasteiger partial charge on any atom is 0.224 e. The van der Waals surface area contributed by atoms with Crippen LogP contribution >= 0.6 is 0 Å². The lowest BCUT2D eigenvalue weighted by atomic mass is 10.2. The van der Waals surface area contributed by atoms with E-state index in [1.54, 1.807) is 24.5 Å². The molecule has 0 aliphatic carbocycles. The van der Waals surface area contributed by atoms with Gasteiger partial charge in [-0.15, -0.1) is 0 Å². The van der Waals surface area contributed by atoms with Gasteiger partial charge in [0, 0.05) is 17.1 Å². The Hall–Kier alpha value is -2.46. The predicted molar refractivity (Wildman–Crippen MR) is 72.0 cm³/mol. The van der Waals surface area contributed by atoms with Crippen LogP contribution in [0.1, 0.15) is 5.56 Å². The number of rotatable bonds is 3. The van der Waals surface area contributed by atoms with Crippen LogP contribution in [0.5, 0.6) is 11.6 Å². The number of aliphatic hydroxyl groups is 1. The first kappa shape index (κ1) is 11.6. The molecule has 0 radical (unpaired) electrons. The SMILES string of the molecule is OCc1cccnc1Oc1cnc2ccccc2c1. The van der Waals surface area contributed by atoms with Gasteiger partial charge in [-0.25, -0.2) is 4.98 Å². The van der Waals surface area contributed by atoms with Crippen molar-refractivity contribution in [2.75, 3.05) is 0 Å². The fraction of sp³-hybridized carbons (Fsp3) is 0.0667. The van der Waals surface area contributed by atoms with Gasteiger partial charge < -0.3 is 9.84 Å². The van der Waals surface area contributed by atoms with Crippen molar-refractivity contribution in [3.63, 3.8) is 0 Å². The van der Waals surface area contributed by atoms with Crippen molar-refractivity contribution >= 4 is 10.9 Å². The lowest BCUT2D eigenvalue weighted by Gasteiger charge is -2.08. The Labute approximate surface area is 110 Å². The second-order valence-electron chi connectivity index (χ2n) is 4.09. The zero-order valence-corrected chi connectivity index (χ0v) is 10.2. The van der Waals surface area contributed by atoms with Gasteiger partial charge in [0.1, 0.15) is 5.75 Å². The average molecular weight is 252 g/mol.